The molecule has 0 fully saturated rings. The first-order valence-corrected chi connectivity index (χ1v) is 10.1. The van der Waals surface area contributed by atoms with Gasteiger partial charge in [0.15, 0.2) is 11.0 Å². The van der Waals surface area contributed by atoms with Gasteiger partial charge in [0.25, 0.3) is 5.91 Å². The molecule has 32 heavy (non-hydrogen) atoms. The summed E-state index contributed by atoms with van der Waals surface area (Å²) in [6.07, 6.45) is 1.52. The van der Waals surface area contributed by atoms with Crippen molar-refractivity contribution in [3.8, 4) is 11.3 Å². The van der Waals surface area contributed by atoms with Crippen LogP contribution in [0.1, 0.15) is 21.7 Å². The molecule has 2 aromatic carbocycles. The van der Waals surface area contributed by atoms with E-state index in [1.54, 1.807) is 37.3 Å². The van der Waals surface area contributed by atoms with Crippen LogP contribution in [0.5, 0.6) is 0 Å². The van der Waals surface area contributed by atoms with E-state index in [9.17, 15) is 14.4 Å². The van der Waals surface area contributed by atoms with E-state index in [1.807, 2.05) is 30.3 Å². The summed E-state index contributed by atoms with van der Waals surface area (Å²) < 4.78 is 11.3. The van der Waals surface area contributed by atoms with Gasteiger partial charge in [0, 0.05) is 18.2 Å². The Labute approximate surface area is 184 Å². The second-order valence-electron chi connectivity index (χ2n) is 7.45. The van der Waals surface area contributed by atoms with Gasteiger partial charge in [-0.15, -0.1) is 0 Å². The summed E-state index contributed by atoms with van der Waals surface area (Å²) in [6.45, 7) is 1.78. The van der Waals surface area contributed by atoms with E-state index in [0.717, 1.165) is 5.56 Å². The van der Waals surface area contributed by atoms with Crippen molar-refractivity contribution in [3.63, 3.8) is 0 Å². The molecule has 0 spiro atoms. The molecule has 0 radical (unpaired) electrons. The average molecular weight is 430 g/mol. The molecule has 0 aliphatic rings. The van der Waals surface area contributed by atoms with Gasteiger partial charge in [-0.25, -0.2) is 0 Å². The van der Waals surface area contributed by atoms with Crippen LogP contribution >= 0.6 is 0 Å². The van der Waals surface area contributed by atoms with Crippen molar-refractivity contribution in [2.75, 3.05) is 13.6 Å². The molecular weight excluding hydrogens is 408 g/mol. The fourth-order valence-corrected chi connectivity index (χ4v) is 3.49. The number of rotatable bonds is 6. The zero-order valence-electron chi connectivity index (χ0n) is 17.8. The zero-order valence-corrected chi connectivity index (χ0v) is 17.8. The second kappa shape index (κ2) is 8.93. The van der Waals surface area contributed by atoms with Gasteiger partial charge in [0.2, 0.25) is 5.91 Å². The summed E-state index contributed by atoms with van der Waals surface area (Å²) in [4.78, 5) is 39.7. The van der Waals surface area contributed by atoms with Gasteiger partial charge in [0.05, 0.1) is 30.3 Å². The minimum Gasteiger partial charge on any atom is -0.467 e. The Morgan fingerprint density at radius 1 is 1.00 bits per heavy atom. The monoisotopic (exact) mass is 430 g/mol. The van der Waals surface area contributed by atoms with E-state index in [2.05, 4.69) is 5.32 Å². The van der Waals surface area contributed by atoms with Crippen LogP contribution in [0, 0.1) is 6.92 Å². The Morgan fingerprint density at radius 2 is 1.78 bits per heavy atom. The molecule has 4 aromatic rings. The molecule has 0 unspecified atom stereocenters. The molecule has 0 atom stereocenters. The summed E-state index contributed by atoms with van der Waals surface area (Å²) in [6, 6.07) is 17.6. The molecular formula is C25H22N2O5. The fourth-order valence-electron chi connectivity index (χ4n) is 3.49. The van der Waals surface area contributed by atoms with Crippen molar-refractivity contribution >= 4 is 22.8 Å². The van der Waals surface area contributed by atoms with Crippen molar-refractivity contribution in [1.29, 1.82) is 0 Å². The van der Waals surface area contributed by atoms with Crippen LogP contribution in [0.25, 0.3) is 22.3 Å². The topological polar surface area (TPSA) is 92.8 Å². The predicted molar refractivity (Wildman–Crippen MR) is 120 cm³/mol. The Balaban J connectivity index is 1.63. The lowest BCUT2D eigenvalue weighted by molar-refractivity contribution is -0.121. The highest BCUT2D eigenvalue weighted by Crippen LogP contribution is 2.27. The highest BCUT2D eigenvalue weighted by Gasteiger charge is 2.21. The number of fused-ring (bicyclic) bond motifs is 1. The molecule has 0 bridgehead atoms. The number of hydrogen-bond donors (Lipinski definition) is 1. The lowest BCUT2D eigenvalue weighted by atomic mass is 10.0. The lowest BCUT2D eigenvalue weighted by Gasteiger charge is -2.18. The van der Waals surface area contributed by atoms with E-state index in [-0.39, 0.29) is 35.6 Å². The molecule has 2 heterocycles. The van der Waals surface area contributed by atoms with Crippen LogP contribution in [0.3, 0.4) is 0 Å². The standard InChI is InChI=1S/C25H22N2O5/c1-16-22(29)19-11-6-12-20(24(19)32-23(16)17-8-4-3-5-9-17)25(30)27(2)15-21(28)26-14-18-10-7-13-31-18/h3-13H,14-15H2,1-2H3,(H,26,28). The number of carbonyl (C=O) groups is 2. The summed E-state index contributed by atoms with van der Waals surface area (Å²) >= 11 is 0. The maximum atomic E-state index is 13.1. The first-order valence-electron chi connectivity index (χ1n) is 10.1. The van der Waals surface area contributed by atoms with Crippen LogP contribution in [-0.4, -0.2) is 30.3 Å². The molecule has 2 aromatic heterocycles. The first kappa shape index (κ1) is 21.1. The Hall–Kier alpha value is -4.13. The summed E-state index contributed by atoms with van der Waals surface area (Å²) in [5.41, 5.74) is 1.45. The molecule has 0 saturated carbocycles. The van der Waals surface area contributed by atoms with Gasteiger partial charge in [0.1, 0.15) is 11.5 Å². The molecule has 0 saturated heterocycles. The molecule has 2 amide bonds. The van der Waals surface area contributed by atoms with Gasteiger partial charge in [-0.05, 0) is 31.2 Å². The average Bonchev–Trinajstić information content (AvgIpc) is 3.33. The number of nitrogens with one attached hydrogen (secondary N) is 1. The second-order valence-corrected chi connectivity index (χ2v) is 7.45. The van der Waals surface area contributed by atoms with E-state index in [1.165, 1.54) is 18.2 Å². The minimum absolute atomic E-state index is 0.155. The van der Waals surface area contributed by atoms with Gasteiger partial charge >= 0.3 is 0 Å². The Kier molecular flexibility index (Phi) is 5.89. The molecule has 4 rings (SSSR count). The number of likely N-dealkylation sites (N-methyl/N-ethyl adjacent to an activating group) is 1. The largest absolute Gasteiger partial charge is 0.467 e. The molecule has 7 nitrogen and oxygen atoms in total. The Morgan fingerprint density at radius 3 is 2.50 bits per heavy atom. The quantitative estimate of drug-likeness (QED) is 0.503. The third-order valence-electron chi connectivity index (χ3n) is 5.18. The third-order valence-corrected chi connectivity index (χ3v) is 5.18. The van der Waals surface area contributed by atoms with Gasteiger partial charge < -0.3 is 19.1 Å². The number of para-hydroxylation sites is 1. The van der Waals surface area contributed by atoms with Crippen LogP contribution in [0.15, 0.2) is 80.6 Å². The number of amides is 2. The van der Waals surface area contributed by atoms with Crippen LogP contribution in [-0.2, 0) is 11.3 Å². The molecule has 0 aliphatic heterocycles. The van der Waals surface area contributed by atoms with E-state index in [4.69, 9.17) is 8.83 Å². The maximum absolute atomic E-state index is 13.1. The summed E-state index contributed by atoms with van der Waals surface area (Å²) in [5, 5.41) is 3.03. The third kappa shape index (κ3) is 4.18. The van der Waals surface area contributed by atoms with Crippen LogP contribution < -0.4 is 10.7 Å². The number of nitrogens with zero attached hydrogens (tertiary/aromatic N) is 1. The summed E-state index contributed by atoms with van der Waals surface area (Å²) in [7, 11) is 1.53. The predicted octanol–water partition coefficient (Wildman–Crippen LogP) is 3.75. The highest BCUT2D eigenvalue weighted by atomic mass is 16.3. The number of carbonyl (C=O) groups excluding carboxylic acids is 2. The molecule has 162 valence electrons. The maximum Gasteiger partial charge on any atom is 0.257 e. The molecule has 7 heteroatoms. The lowest BCUT2D eigenvalue weighted by Crippen LogP contribution is -2.38. The van der Waals surface area contributed by atoms with Crippen molar-refractivity contribution in [2.24, 2.45) is 0 Å². The first-order chi connectivity index (χ1) is 15.5. The Bertz CT molecular complexity index is 1320. The van der Waals surface area contributed by atoms with Gasteiger partial charge in [-0.3, -0.25) is 14.4 Å². The van der Waals surface area contributed by atoms with E-state index >= 15 is 0 Å². The van der Waals surface area contributed by atoms with Crippen molar-refractivity contribution < 1.29 is 18.4 Å². The minimum atomic E-state index is -0.422. The van der Waals surface area contributed by atoms with Crippen LogP contribution in [0.4, 0.5) is 0 Å². The normalized spacial score (nSPS) is 10.8. The zero-order chi connectivity index (χ0) is 22.7. The molecule has 0 aliphatic carbocycles. The number of hydrogen-bond acceptors (Lipinski definition) is 5. The number of benzene rings is 2. The van der Waals surface area contributed by atoms with Crippen molar-refractivity contribution in [2.45, 2.75) is 13.5 Å². The fraction of sp³-hybridized carbons (Fsp3) is 0.160. The van der Waals surface area contributed by atoms with Crippen molar-refractivity contribution in [1.82, 2.24) is 10.2 Å². The van der Waals surface area contributed by atoms with Crippen molar-refractivity contribution in [3.05, 3.63) is 94.0 Å². The SMILES string of the molecule is Cc1c(-c2ccccc2)oc2c(C(=O)N(C)CC(=O)NCc3ccco3)cccc2c1=O. The highest BCUT2D eigenvalue weighted by molar-refractivity contribution is 6.05. The summed E-state index contributed by atoms with van der Waals surface area (Å²) in [5.74, 6) is 0.281. The molecule has 1 N–H and O–H groups in total. The van der Waals surface area contributed by atoms with Gasteiger partial charge in [-0.1, -0.05) is 36.4 Å². The number of furan rings is 1. The van der Waals surface area contributed by atoms with Gasteiger partial charge in [-0.2, -0.15) is 0 Å². The smallest absolute Gasteiger partial charge is 0.257 e. The van der Waals surface area contributed by atoms with E-state index in [0.29, 0.717) is 22.5 Å². The van der Waals surface area contributed by atoms with Crippen LogP contribution in [0.2, 0.25) is 0 Å². The van der Waals surface area contributed by atoms with E-state index < -0.39 is 5.91 Å².